The molecule has 1 rings (SSSR count). The zero-order valence-corrected chi connectivity index (χ0v) is 8.71. The van der Waals surface area contributed by atoms with Gasteiger partial charge in [-0.1, -0.05) is 5.92 Å². The van der Waals surface area contributed by atoms with Crippen LogP contribution in [-0.2, 0) is 0 Å². The van der Waals surface area contributed by atoms with E-state index in [1.807, 2.05) is 18.7 Å². The molecule has 1 nitrogen and oxygen atoms in total. The first-order chi connectivity index (χ1) is 5.86. The molecule has 0 heterocycles. The van der Waals surface area contributed by atoms with Gasteiger partial charge in [-0.25, -0.2) is 0 Å². The maximum Gasteiger partial charge on any atom is 0.0341 e. The Balaban J connectivity index is 2.20. The van der Waals surface area contributed by atoms with Crippen molar-refractivity contribution in [1.29, 1.82) is 0 Å². The minimum atomic E-state index is 0.654. The van der Waals surface area contributed by atoms with Gasteiger partial charge >= 0.3 is 0 Å². The van der Waals surface area contributed by atoms with Gasteiger partial charge in [0.2, 0.25) is 0 Å². The summed E-state index contributed by atoms with van der Waals surface area (Å²) in [6, 6.07) is 3.60. The average molecular weight is 183 g/mol. The van der Waals surface area contributed by atoms with Crippen LogP contribution in [0, 0.1) is 12.0 Å². The lowest BCUT2D eigenvalue weighted by atomic mass is 9.95. The second kappa shape index (κ2) is 5.37. The highest BCUT2D eigenvalue weighted by Crippen LogP contribution is 2.26. The predicted molar refractivity (Wildman–Crippen MR) is 56.1 cm³/mol. The van der Waals surface area contributed by atoms with Crippen molar-refractivity contribution < 1.29 is 0 Å². The summed E-state index contributed by atoms with van der Waals surface area (Å²) in [6.45, 7) is 1.88. The zero-order valence-electron chi connectivity index (χ0n) is 7.89. The molecular weight excluding hydrogens is 166 g/mol. The van der Waals surface area contributed by atoms with E-state index in [-0.39, 0.29) is 0 Å². The van der Waals surface area contributed by atoms with E-state index >= 15 is 0 Å². The Hall–Kier alpha value is -0.290. The van der Waals surface area contributed by atoms with Crippen LogP contribution in [0.15, 0.2) is 0 Å². The molecule has 0 spiro atoms. The van der Waals surface area contributed by atoms with Gasteiger partial charge in [0, 0.05) is 17.3 Å². The quantitative estimate of drug-likeness (QED) is 0.520. The molecule has 2 heteroatoms. The lowest BCUT2D eigenvalue weighted by Gasteiger charge is -2.26. The first-order valence-corrected chi connectivity index (χ1v) is 5.85. The van der Waals surface area contributed by atoms with Crippen molar-refractivity contribution in [2.75, 3.05) is 6.26 Å². The Morgan fingerprint density at radius 2 is 1.92 bits per heavy atom. The molecule has 0 aromatic heterocycles. The molecule has 1 saturated carbocycles. The molecule has 1 aliphatic rings. The molecule has 0 atom stereocenters. The van der Waals surface area contributed by atoms with Gasteiger partial charge in [-0.2, -0.15) is 11.8 Å². The highest BCUT2D eigenvalue weighted by atomic mass is 32.2. The topological polar surface area (TPSA) is 12.0 Å². The molecule has 0 bridgehead atoms. The van der Waals surface area contributed by atoms with Crippen LogP contribution >= 0.6 is 11.8 Å². The van der Waals surface area contributed by atoms with E-state index in [0.29, 0.717) is 6.04 Å². The maximum atomic E-state index is 3.25. The van der Waals surface area contributed by atoms with Gasteiger partial charge in [0.15, 0.2) is 0 Å². The third kappa shape index (κ3) is 2.98. The van der Waals surface area contributed by atoms with Gasteiger partial charge in [0.1, 0.15) is 0 Å². The fourth-order valence-electron chi connectivity index (χ4n) is 1.62. The Bertz CT molecular complexity index is 172. The van der Waals surface area contributed by atoms with Gasteiger partial charge in [0.05, 0.1) is 0 Å². The van der Waals surface area contributed by atoms with Crippen LogP contribution in [-0.4, -0.2) is 17.5 Å². The molecular formula is C10H17NS. The van der Waals surface area contributed by atoms with Crippen molar-refractivity contribution in [3.63, 3.8) is 0 Å². The summed E-state index contributed by atoms with van der Waals surface area (Å²) in [5.41, 5.74) is 0. The van der Waals surface area contributed by atoms with E-state index in [4.69, 9.17) is 0 Å². The van der Waals surface area contributed by atoms with Gasteiger partial charge < -0.3 is 5.32 Å². The van der Waals surface area contributed by atoms with E-state index < -0.39 is 0 Å². The lowest BCUT2D eigenvalue weighted by molar-refractivity contribution is 0.417. The number of hydrogen-bond donors (Lipinski definition) is 1. The minimum Gasteiger partial charge on any atom is -0.343 e. The largest absolute Gasteiger partial charge is 0.343 e. The summed E-state index contributed by atoms with van der Waals surface area (Å²) in [4.78, 5) is 0. The van der Waals surface area contributed by atoms with Crippen LogP contribution in [0.25, 0.3) is 0 Å². The SMILES string of the molecule is CC#CNC1CCC(SC)CC1. The Kier molecular flexibility index (Phi) is 4.39. The van der Waals surface area contributed by atoms with Crippen LogP contribution in [0.5, 0.6) is 0 Å². The summed E-state index contributed by atoms with van der Waals surface area (Å²) in [5.74, 6) is 2.87. The van der Waals surface area contributed by atoms with E-state index in [9.17, 15) is 0 Å². The Morgan fingerprint density at radius 3 is 2.42 bits per heavy atom. The molecule has 1 N–H and O–H groups in total. The first kappa shape index (κ1) is 9.80. The van der Waals surface area contributed by atoms with Crippen LogP contribution in [0.4, 0.5) is 0 Å². The second-order valence-corrected chi connectivity index (χ2v) is 4.37. The van der Waals surface area contributed by atoms with Gasteiger partial charge in [0.25, 0.3) is 0 Å². The van der Waals surface area contributed by atoms with Gasteiger partial charge in [-0.3, -0.25) is 0 Å². The number of nitrogens with one attached hydrogen (secondary N) is 1. The van der Waals surface area contributed by atoms with E-state index in [1.165, 1.54) is 25.7 Å². The molecule has 1 aliphatic carbocycles. The molecule has 1 fully saturated rings. The molecule has 0 unspecified atom stereocenters. The monoisotopic (exact) mass is 183 g/mol. The lowest BCUT2D eigenvalue weighted by Crippen LogP contribution is -2.30. The molecule has 0 saturated heterocycles. The van der Waals surface area contributed by atoms with Crippen molar-refractivity contribution in [3.8, 4) is 12.0 Å². The first-order valence-electron chi connectivity index (χ1n) is 4.57. The molecule has 0 aromatic rings. The smallest absolute Gasteiger partial charge is 0.0341 e. The standard InChI is InChI=1S/C10H17NS/c1-3-8-11-9-4-6-10(12-2)7-5-9/h9-11H,4-7H2,1-2H3. The van der Waals surface area contributed by atoms with Crippen LogP contribution in [0.2, 0.25) is 0 Å². The van der Waals surface area contributed by atoms with Crippen molar-refractivity contribution in [2.24, 2.45) is 0 Å². The third-order valence-corrected chi connectivity index (χ3v) is 3.55. The second-order valence-electron chi connectivity index (χ2n) is 3.23. The fraction of sp³-hybridized carbons (Fsp3) is 0.800. The van der Waals surface area contributed by atoms with E-state index in [2.05, 4.69) is 23.5 Å². The summed E-state index contributed by atoms with van der Waals surface area (Å²) in [7, 11) is 0. The van der Waals surface area contributed by atoms with Gasteiger partial charge in [-0.15, -0.1) is 0 Å². The highest BCUT2D eigenvalue weighted by molar-refractivity contribution is 7.99. The summed E-state index contributed by atoms with van der Waals surface area (Å²) < 4.78 is 0. The van der Waals surface area contributed by atoms with Crippen molar-refractivity contribution >= 4 is 11.8 Å². The Morgan fingerprint density at radius 1 is 1.25 bits per heavy atom. The fourth-order valence-corrected chi connectivity index (χ4v) is 2.36. The number of rotatable bonds is 2. The summed E-state index contributed by atoms with van der Waals surface area (Å²) >= 11 is 2.01. The van der Waals surface area contributed by atoms with Crippen LogP contribution in [0.1, 0.15) is 32.6 Å². The maximum absolute atomic E-state index is 3.25. The van der Waals surface area contributed by atoms with E-state index in [1.54, 1.807) is 0 Å². The van der Waals surface area contributed by atoms with Crippen LogP contribution in [0.3, 0.4) is 0 Å². The molecule has 0 aliphatic heterocycles. The number of hydrogen-bond acceptors (Lipinski definition) is 2. The number of thioether (sulfide) groups is 1. The molecule has 68 valence electrons. The average Bonchev–Trinajstić information content (AvgIpc) is 2.15. The van der Waals surface area contributed by atoms with Crippen molar-refractivity contribution in [2.45, 2.75) is 43.9 Å². The molecule has 0 aromatic carbocycles. The van der Waals surface area contributed by atoms with Crippen molar-refractivity contribution in [3.05, 3.63) is 0 Å². The summed E-state index contributed by atoms with van der Waals surface area (Å²) in [6.07, 6.45) is 7.50. The normalized spacial score (nSPS) is 28.8. The van der Waals surface area contributed by atoms with Crippen molar-refractivity contribution in [1.82, 2.24) is 5.32 Å². The Labute approximate surface area is 79.7 Å². The zero-order chi connectivity index (χ0) is 8.81. The molecule has 0 radical (unpaired) electrons. The highest BCUT2D eigenvalue weighted by Gasteiger charge is 2.18. The van der Waals surface area contributed by atoms with Crippen LogP contribution < -0.4 is 5.32 Å². The van der Waals surface area contributed by atoms with Gasteiger partial charge in [-0.05, 0) is 38.9 Å². The predicted octanol–water partition coefficient (Wildman–Crippen LogP) is 2.23. The third-order valence-electron chi connectivity index (χ3n) is 2.41. The minimum absolute atomic E-state index is 0.654. The van der Waals surface area contributed by atoms with E-state index in [0.717, 1.165) is 5.25 Å². The summed E-state index contributed by atoms with van der Waals surface area (Å²) in [5, 5.41) is 4.15. The molecule has 0 amide bonds. The molecule has 12 heavy (non-hydrogen) atoms.